The molecule has 0 radical (unpaired) electrons. The highest BCUT2D eigenvalue weighted by molar-refractivity contribution is 9.09. The van der Waals surface area contributed by atoms with Crippen molar-refractivity contribution in [3.8, 4) is 0 Å². The topological polar surface area (TPSA) is 29.1 Å². The molecule has 1 aromatic rings. The third-order valence-corrected chi connectivity index (χ3v) is 4.78. The van der Waals surface area contributed by atoms with Gasteiger partial charge in [0.05, 0.1) is 4.88 Å². The zero-order valence-electron chi connectivity index (χ0n) is 10.9. The molecule has 1 aromatic heterocycles. The normalized spacial score (nSPS) is 14.4. The summed E-state index contributed by atoms with van der Waals surface area (Å²) in [5.41, 5.74) is 1.07. The zero-order valence-corrected chi connectivity index (χ0v) is 13.3. The van der Waals surface area contributed by atoms with Gasteiger partial charge in [0.15, 0.2) is 0 Å². The summed E-state index contributed by atoms with van der Waals surface area (Å²) < 4.78 is 0. The van der Waals surface area contributed by atoms with Crippen LogP contribution in [0.1, 0.15) is 46.8 Å². The van der Waals surface area contributed by atoms with E-state index in [0.29, 0.717) is 0 Å². The molecule has 0 bridgehead atoms. The van der Waals surface area contributed by atoms with E-state index in [1.807, 2.05) is 19.9 Å². The van der Waals surface area contributed by atoms with E-state index in [4.69, 9.17) is 0 Å². The highest BCUT2D eigenvalue weighted by Crippen LogP contribution is 2.22. The molecule has 1 atom stereocenters. The number of carbonyl (C=O) groups excluding carboxylic acids is 1. The van der Waals surface area contributed by atoms with Crippen LogP contribution in [0, 0.1) is 13.8 Å². The third-order valence-electron chi connectivity index (χ3n) is 3.23. The Morgan fingerprint density at radius 3 is 2.59 bits per heavy atom. The molecule has 0 aliphatic carbocycles. The minimum absolute atomic E-state index is 0.0523. The van der Waals surface area contributed by atoms with Crippen molar-refractivity contribution in [2.24, 2.45) is 0 Å². The fraction of sp³-hybridized carbons (Fsp3) is 0.615. The van der Waals surface area contributed by atoms with Gasteiger partial charge in [-0.1, -0.05) is 22.9 Å². The van der Waals surface area contributed by atoms with Gasteiger partial charge >= 0.3 is 0 Å². The molecule has 0 aliphatic rings. The van der Waals surface area contributed by atoms with Crippen LogP contribution in [-0.2, 0) is 0 Å². The van der Waals surface area contributed by atoms with Gasteiger partial charge in [0.25, 0.3) is 5.91 Å². The van der Waals surface area contributed by atoms with Gasteiger partial charge in [-0.3, -0.25) is 4.79 Å². The van der Waals surface area contributed by atoms with Crippen molar-refractivity contribution >= 4 is 33.2 Å². The van der Waals surface area contributed by atoms with E-state index < -0.39 is 0 Å². The first-order valence-electron chi connectivity index (χ1n) is 5.87. The predicted octanol–water partition coefficient (Wildman–Crippen LogP) is 4.05. The molecule has 1 unspecified atom stereocenters. The second-order valence-corrected chi connectivity index (χ2v) is 6.71. The Labute approximate surface area is 116 Å². The molecule has 0 fully saturated rings. The molecule has 96 valence electrons. The lowest BCUT2D eigenvalue weighted by Crippen LogP contribution is -2.45. The summed E-state index contributed by atoms with van der Waals surface area (Å²) in [6.45, 7) is 8.29. The van der Waals surface area contributed by atoms with Gasteiger partial charge in [-0.25, -0.2) is 0 Å². The number of rotatable bonds is 5. The number of hydrogen-bond acceptors (Lipinski definition) is 2. The van der Waals surface area contributed by atoms with Crippen LogP contribution in [0.3, 0.4) is 0 Å². The number of alkyl halides is 1. The minimum atomic E-state index is -0.119. The number of thiophene rings is 1. The van der Waals surface area contributed by atoms with E-state index in [0.717, 1.165) is 23.0 Å². The van der Waals surface area contributed by atoms with Crippen molar-refractivity contribution in [1.29, 1.82) is 0 Å². The molecule has 1 N–H and O–H groups in total. The van der Waals surface area contributed by atoms with Gasteiger partial charge in [0, 0.05) is 15.7 Å². The average Bonchev–Trinajstić information content (AvgIpc) is 2.60. The van der Waals surface area contributed by atoms with Crippen LogP contribution >= 0.6 is 27.3 Å². The van der Waals surface area contributed by atoms with Crippen molar-refractivity contribution < 1.29 is 4.79 Å². The first kappa shape index (κ1) is 14.7. The van der Waals surface area contributed by atoms with E-state index >= 15 is 0 Å². The van der Waals surface area contributed by atoms with Crippen LogP contribution in [0.2, 0.25) is 0 Å². The highest BCUT2D eigenvalue weighted by Gasteiger charge is 2.24. The molecular formula is C13H20BrNOS. The fourth-order valence-corrected chi connectivity index (χ4v) is 3.36. The Hall–Kier alpha value is -0.350. The molecule has 1 amide bonds. The quantitative estimate of drug-likeness (QED) is 0.815. The summed E-state index contributed by atoms with van der Waals surface area (Å²) in [4.78, 5) is 14.2. The summed E-state index contributed by atoms with van der Waals surface area (Å²) in [5, 5.41) is 4.05. The second-order valence-electron chi connectivity index (χ2n) is 4.66. The van der Waals surface area contributed by atoms with Crippen LogP contribution in [0.15, 0.2) is 6.07 Å². The van der Waals surface area contributed by atoms with Crippen molar-refractivity contribution in [3.05, 3.63) is 21.4 Å². The standard InChI is InChI=1S/C13H20BrNOS/c1-5-13(4,6-7-14)15-12(16)11-8-9(2)10(3)17-11/h8H,5-7H2,1-4H3,(H,15,16). The molecule has 0 aliphatic heterocycles. The van der Waals surface area contributed by atoms with Crippen molar-refractivity contribution in [2.75, 3.05) is 5.33 Å². The Morgan fingerprint density at radius 1 is 1.53 bits per heavy atom. The SMILES string of the molecule is CCC(C)(CCBr)NC(=O)c1cc(C)c(C)s1. The smallest absolute Gasteiger partial charge is 0.261 e. The van der Waals surface area contributed by atoms with Crippen molar-refractivity contribution in [1.82, 2.24) is 5.32 Å². The van der Waals surface area contributed by atoms with Crippen LogP contribution < -0.4 is 5.32 Å². The zero-order chi connectivity index (χ0) is 13.1. The van der Waals surface area contributed by atoms with Crippen LogP contribution in [0.4, 0.5) is 0 Å². The fourth-order valence-electron chi connectivity index (χ4n) is 1.56. The summed E-state index contributed by atoms with van der Waals surface area (Å²) in [6, 6.07) is 1.97. The molecule has 0 saturated carbocycles. The maximum absolute atomic E-state index is 12.1. The maximum atomic E-state index is 12.1. The van der Waals surface area contributed by atoms with E-state index in [2.05, 4.69) is 35.1 Å². The number of hydrogen-bond donors (Lipinski definition) is 1. The lowest BCUT2D eigenvalue weighted by atomic mass is 9.95. The van der Waals surface area contributed by atoms with Gasteiger partial charge in [-0.05, 0) is 45.2 Å². The van der Waals surface area contributed by atoms with Gasteiger partial charge in [0.1, 0.15) is 0 Å². The van der Waals surface area contributed by atoms with Gasteiger partial charge < -0.3 is 5.32 Å². The van der Waals surface area contributed by atoms with Gasteiger partial charge in [-0.15, -0.1) is 11.3 Å². The minimum Gasteiger partial charge on any atom is -0.346 e. The first-order chi connectivity index (χ1) is 7.91. The van der Waals surface area contributed by atoms with E-state index in [9.17, 15) is 4.79 Å². The maximum Gasteiger partial charge on any atom is 0.261 e. The van der Waals surface area contributed by atoms with Crippen LogP contribution in [-0.4, -0.2) is 16.8 Å². The Morgan fingerprint density at radius 2 is 2.18 bits per heavy atom. The largest absolute Gasteiger partial charge is 0.346 e. The molecule has 4 heteroatoms. The lowest BCUT2D eigenvalue weighted by molar-refractivity contribution is 0.0906. The summed E-state index contributed by atoms with van der Waals surface area (Å²) in [5.74, 6) is 0.0523. The Kier molecular flexibility index (Phi) is 5.20. The third kappa shape index (κ3) is 3.81. The van der Waals surface area contributed by atoms with Crippen molar-refractivity contribution in [3.63, 3.8) is 0 Å². The predicted molar refractivity (Wildman–Crippen MR) is 78.4 cm³/mol. The Bertz CT molecular complexity index is 383. The van der Waals surface area contributed by atoms with E-state index in [-0.39, 0.29) is 11.4 Å². The number of halogens is 1. The van der Waals surface area contributed by atoms with Gasteiger partial charge in [0.2, 0.25) is 0 Å². The Balaban J connectivity index is 2.77. The van der Waals surface area contributed by atoms with Gasteiger partial charge in [-0.2, -0.15) is 0 Å². The molecule has 17 heavy (non-hydrogen) atoms. The summed E-state index contributed by atoms with van der Waals surface area (Å²) >= 11 is 5.01. The van der Waals surface area contributed by atoms with E-state index in [1.54, 1.807) is 11.3 Å². The molecule has 0 spiro atoms. The summed E-state index contributed by atoms with van der Waals surface area (Å²) in [7, 11) is 0. The lowest BCUT2D eigenvalue weighted by Gasteiger charge is -2.28. The van der Waals surface area contributed by atoms with Crippen LogP contribution in [0.5, 0.6) is 0 Å². The number of amides is 1. The number of carbonyl (C=O) groups is 1. The molecule has 0 saturated heterocycles. The van der Waals surface area contributed by atoms with Crippen molar-refractivity contribution in [2.45, 2.75) is 46.1 Å². The van der Waals surface area contributed by atoms with E-state index in [1.165, 1.54) is 10.4 Å². The second kappa shape index (κ2) is 6.01. The molecular weight excluding hydrogens is 298 g/mol. The number of nitrogens with one attached hydrogen (secondary N) is 1. The molecule has 0 aromatic carbocycles. The summed E-state index contributed by atoms with van der Waals surface area (Å²) in [6.07, 6.45) is 1.88. The molecule has 1 heterocycles. The highest BCUT2D eigenvalue weighted by atomic mass is 79.9. The number of aryl methyl sites for hydroxylation is 2. The monoisotopic (exact) mass is 317 g/mol. The molecule has 2 nitrogen and oxygen atoms in total. The molecule has 1 rings (SSSR count). The van der Waals surface area contributed by atoms with Crippen LogP contribution in [0.25, 0.3) is 0 Å². The average molecular weight is 318 g/mol. The first-order valence-corrected chi connectivity index (χ1v) is 7.81.